The number of amidine groups is 1. The van der Waals surface area contributed by atoms with E-state index in [9.17, 15) is 0 Å². The van der Waals surface area contributed by atoms with Crippen molar-refractivity contribution in [2.45, 2.75) is 39.3 Å². The van der Waals surface area contributed by atoms with Gasteiger partial charge in [-0.05, 0) is 88.4 Å². The Kier molecular flexibility index (Phi) is 7.68. The largest absolute Gasteiger partial charge is 0.491 e. The Morgan fingerprint density at radius 3 is 2.50 bits per heavy atom. The van der Waals surface area contributed by atoms with Crippen LogP contribution in [0.4, 0.5) is 5.69 Å². The Labute approximate surface area is 234 Å². The Morgan fingerprint density at radius 2 is 1.80 bits per heavy atom. The summed E-state index contributed by atoms with van der Waals surface area (Å²) in [5, 5.41) is 0. The van der Waals surface area contributed by atoms with Gasteiger partial charge in [-0.25, -0.2) is 9.98 Å². The summed E-state index contributed by atoms with van der Waals surface area (Å²) in [5.41, 5.74) is 9.03. The Morgan fingerprint density at radius 1 is 1.00 bits per heavy atom. The van der Waals surface area contributed by atoms with E-state index in [1.54, 1.807) is 18.7 Å². The number of pyridine rings is 1. The summed E-state index contributed by atoms with van der Waals surface area (Å²) in [6.45, 7) is 8.70. The van der Waals surface area contributed by atoms with Gasteiger partial charge in [0.15, 0.2) is 0 Å². The van der Waals surface area contributed by atoms with Crippen LogP contribution in [0.3, 0.4) is 0 Å². The predicted molar refractivity (Wildman–Crippen MR) is 157 cm³/mol. The lowest BCUT2D eigenvalue weighted by Crippen LogP contribution is -2.32. The van der Waals surface area contributed by atoms with E-state index < -0.39 is 0 Å². The highest BCUT2D eigenvalue weighted by Crippen LogP contribution is 2.37. The van der Waals surface area contributed by atoms with E-state index in [4.69, 9.17) is 19.6 Å². The van der Waals surface area contributed by atoms with E-state index in [1.165, 1.54) is 0 Å². The van der Waals surface area contributed by atoms with Gasteiger partial charge in [0.1, 0.15) is 41.2 Å². The minimum absolute atomic E-state index is 0.0353. The van der Waals surface area contributed by atoms with Gasteiger partial charge in [0.2, 0.25) is 0 Å². The fraction of sp³-hybridized carbons (Fsp3) is 0.219. The normalized spacial score (nSPS) is 12.1. The molecule has 204 valence electrons. The van der Waals surface area contributed by atoms with Crippen LogP contribution >= 0.6 is 0 Å². The molecule has 0 aliphatic heterocycles. The molecule has 0 saturated heterocycles. The molecule has 0 amide bonds. The molecule has 8 nitrogen and oxygen atoms in total. The van der Waals surface area contributed by atoms with E-state index in [0.29, 0.717) is 35.3 Å². The molecule has 0 saturated carbocycles. The van der Waals surface area contributed by atoms with Crippen LogP contribution in [0.15, 0.2) is 107 Å². The van der Waals surface area contributed by atoms with Crippen LogP contribution in [0.1, 0.15) is 33.4 Å². The molecule has 2 N–H and O–H groups in total. The van der Waals surface area contributed by atoms with Crippen molar-refractivity contribution in [3.05, 3.63) is 103 Å². The SMILES string of the molecule is CC(C)Oc1cc(N=C(N)c2ccccn2)ccc1-c1ccc(-c2ccc(OCC(C)(C)n3ccnc3)cc2)o1. The third-order valence-corrected chi connectivity index (χ3v) is 6.31. The first-order valence-electron chi connectivity index (χ1n) is 13.2. The van der Waals surface area contributed by atoms with Crippen LogP contribution in [0.25, 0.3) is 22.6 Å². The Balaban J connectivity index is 1.34. The maximum absolute atomic E-state index is 6.27. The smallest absolute Gasteiger partial charge is 0.150 e. The zero-order valence-corrected chi connectivity index (χ0v) is 23.1. The lowest BCUT2D eigenvalue weighted by molar-refractivity contribution is 0.183. The second-order valence-electron chi connectivity index (χ2n) is 10.3. The standard InChI is InChI=1S/C32H33N5O3/c1-22(2)39-30-19-24(36-31(33)27-7-5-6-16-35-27)10-13-26(30)29-15-14-28(40-29)23-8-11-25(12-9-23)38-20-32(3,4)37-18-17-34-21-37/h5-19,21-22H,20H2,1-4H3,(H2,33,36). The van der Waals surface area contributed by atoms with E-state index in [1.807, 2.05) is 97.4 Å². The van der Waals surface area contributed by atoms with Crippen molar-refractivity contribution >= 4 is 11.5 Å². The lowest BCUT2D eigenvalue weighted by atomic mass is 10.1. The summed E-state index contributed by atoms with van der Waals surface area (Å²) in [6.07, 6.45) is 7.17. The average molecular weight is 536 g/mol. The minimum Gasteiger partial charge on any atom is -0.491 e. The molecule has 8 heteroatoms. The highest BCUT2D eigenvalue weighted by molar-refractivity contribution is 5.97. The van der Waals surface area contributed by atoms with Gasteiger partial charge in [-0.2, -0.15) is 0 Å². The zero-order chi connectivity index (χ0) is 28.1. The highest BCUT2D eigenvalue weighted by atomic mass is 16.5. The van der Waals surface area contributed by atoms with Crippen molar-refractivity contribution in [1.82, 2.24) is 14.5 Å². The van der Waals surface area contributed by atoms with Crippen LogP contribution < -0.4 is 15.2 Å². The maximum Gasteiger partial charge on any atom is 0.150 e. The van der Waals surface area contributed by atoms with Crippen molar-refractivity contribution in [3.63, 3.8) is 0 Å². The van der Waals surface area contributed by atoms with E-state index >= 15 is 0 Å². The molecule has 0 radical (unpaired) electrons. The predicted octanol–water partition coefficient (Wildman–Crippen LogP) is 6.84. The molecule has 2 aromatic carbocycles. The van der Waals surface area contributed by atoms with Crippen LogP contribution in [0, 0.1) is 0 Å². The van der Waals surface area contributed by atoms with E-state index in [2.05, 4.69) is 28.8 Å². The fourth-order valence-electron chi connectivity index (χ4n) is 4.15. The molecule has 0 aliphatic carbocycles. The number of aromatic nitrogens is 3. The third-order valence-electron chi connectivity index (χ3n) is 6.31. The quantitative estimate of drug-likeness (QED) is 0.155. The number of hydrogen-bond acceptors (Lipinski definition) is 6. The molecule has 3 heterocycles. The van der Waals surface area contributed by atoms with Gasteiger partial charge >= 0.3 is 0 Å². The summed E-state index contributed by atoms with van der Waals surface area (Å²) in [6, 6.07) is 23.0. The van der Waals surface area contributed by atoms with Crippen molar-refractivity contribution in [2.75, 3.05) is 6.61 Å². The van der Waals surface area contributed by atoms with Gasteiger partial charge in [0.05, 0.1) is 29.2 Å². The van der Waals surface area contributed by atoms with Crippen LogP contribution in [0.5, 0.6) is 11.5 Å². The van der Waals surface area contributed by atoms with Gasteiger partial charge < -0.3 is 24.2 Å². The van der Waals surface area contributed by atoms with Crippen molar-refractivity contribution in [2.24, 2.45) is 10.7 Å². The molecule has 0 fully saturated rings. The zero-order valence-electron chi connectivity index (χ0n) is 23.1. The second-order valence-corrected chi connectivity index (χ2v) is 10.3. The number of nitrogens with two attached hydrogens (primary N) is 1. The number of aliphatic imine (C=N–C) groups is 1. The first-order chi connectivity index (χ1) is 19.3. The van der Waals surface area contributed by atoms with Crippen LogP contribution in [-0.2, 0) is 5.54 Å². The number of ether oxygens (including phenoxy) is 2. The first-order valence-corrected chi connectivity index (χ1v) is 13.2. The molecule has 0 aliphatic rings. The molecular formula is C32H33N5O3. The summed E-state index contributed by atoms with van der Waals surface area (Å²) in [7, 11) is 0. The lowest BCUT2D eigenvalue weighted by Gasteiger charge is -2.26. The first kappa shape index (κ1) is 26.7. The average Bonchev–Trinajstić information content (AvgIpc) is 3.66. The third kappa shape index (κ3) is 6.23. The van der Waals surface area contributed by atoms with Gasteiger partial charge in [-0.3, -0.25) is 4.98 Å². The summed E-state index contributed by atoms with van der Waals surface area (Å²) < 4.78 is 20.5. The molecule has 40 heavy (non-hydrogen) atoms. The number of rotatable bonds is 10. The Hall–Kier alpha value is -4.85. The number of hydrogen-bond donors (Lipinski definition) is 1. The molecular weight excluding hydrogens is 502 g/mol. The van der Waals surface area contributed by atoms with Crippen LogP contribution in [0.2, 0.25) is 0 Å². The summed E-state index contributed by atoms with van der Waals surface area (Å²) >= 11 is 0. The van der Waals surface area contributed by atoms with Crippen molar-refractivity contribution in [1.29, 1.82) is 0 Å². The maximum atomic E-state index is 6.27. The number of nitrogens with zero attached hydrogens (tertiary/aromatic N) is 4. The van der Waals surface area contributed by atoms with Gasteiger partial charge in [-0.15, -0.1) is 0 Å². The van der Waals surface area contributed by atoms with Crippen molar-refractivity contribution < 1.29 is 13.9 Å². The molecule has 0 atom stereocenters. The number of furan rings is 1. The van der Waals surface area contributed by atoms with Gasteiger partial charge in [0, 0.05) is 30.2 Å². The molecule has 3 aromatic heterocycles. The molecule has 0 unspecified atom stereocenters. The number of benzene rings is 2. The molecule has 0 bridgehead atoms. The highest BCUT2D eigenvalue weighted by Gasteiger charge is 2.20. The van der Waals surface area contributed by atoms with E-state index in [0.717, 1.165) is 22.6 Å². The monoisotopic (exact) mass is 535 g/mol. The molecule has 5 rings (SSSR count). The topological polar surface area (TPSA) is 101 Å². The Bertz CT molecular complexity index is 1570. The molecule has 0 spiro atoms. The minimum atomic E-state index is -0.216. The molecule has 5 aromatic rings. The van der Waals surface area contributed by atoms with E-state index in [-0.39, 0.29) is 11.6 Å². The summed E-state index contributed by atoms with van der Waals surface area (Å²) in [4.78, 5) is 12.9. The van der Waals surface area contributed by atoms with Gasteiger partial charge in [-0.1, -0.05) is 6.07 Å². The second kappa shape index (κ2) is 11.5. The van der Waals surface area contributed by atoms with Crippen molar-refractivity contribution in [3.8, 4) is 34.1 Å². The van der Waals surface area contributed by atoms with Crippen LogP contribution in [-0.4, -0.2) is 33.1 Å². The fourth-order valence-corrected chi connectivity index (χ4v) is 4.15. The summed E-state index contributed by atoms with van der Waals surface area (Å²) in [5.74, 6) is 3.23. The van der Waals surface area contributed by atoms with Gasteiger partial charge in [0.25, 0.3) is 0 Å². The number of imidazole rings is 1.